The summed E-state index contributed by atoms with van der Waals surface area (Å²) in [5.74, 6) is 0.594. The minimum absolute atomic E-state index is 0.0507. The quantitative estimate of drug-likeness (QED) is 0.594. The first kappa shape index (κ1) is 20.4. The van der Waals surface area contributed by atoms with Crippen LogP contribution in [0.1, 0.15) is 43.4 Å². The van der Waals surface area contributed by atoms with Crippen LogP contribution in [0.2, 0.25) is 0 Å². The van der Waals surface area contributed by atoms with Crippen LogP contribution in [-0.4, -0.2) is 30.9 Å². The molecule has 7 heteroatoms. The van der Waals surface area contributed by atoms with E-state index in [4.69, 9.17) is 0 Å². The van der Waals surface area contributed by atoms with Crippen molar-refractivity contribution in [1.82, 2.24) is 4.31 Å². The third kappa shape index (κ3) is 3.49. The summed E-state index contributed by atoms with van der Waals surface area (Å²) in [4.78, 5) is 0.338. The van der Waals surface area contributed by atoms with Crippen LogP contribution in [0.3, 0.4) is 0 Å². The molecule has 29 heavy (non-hydrogen) atoms. The van der Waals surface area contributed by atoms with E-state index >= 15 is 0 Å². The number of aromatic hydroxyl groups is 1. The zero-order valence-corrected chi connectivity index (χ0v) is 18.9. The molecule has 2 aliphatic rings. The van der Waals surface area contributed by atoms with Crippen LogP contribution < -0.4 is 5.32 Å². The molecule has 2 aromatic carbocycles. The fraction of sp³-hybridized carbons (Fsp3) is 0.364. The number of hydrogen-bond acceptors (Lipinski definition) is 4. The Bertz CT molecular complexity index is 1060. The molecular formula is C22H25BrN2O3S. The van der Waals surface area contributed by atoms with Crippen LogP contribution in [0, 0.1) is 5.92 Å². The first-order valence-electron chi connectivity index (χ1n) is 9.92. The molecule has 0 spiro atoms. The lowest BCUT2D eigenvalue weighted by Gasteiger charge is -2.38. The van der Waals surface area contributed by atoms with Gasteiger partial charge in [0.05, 0.1) is 10.9 Å². The van der Waals surface area contributed by atoms with Crippen molar-refractivity contribution in [2.24, 2.45) is 5.92 Å². The average molecular weight is 477 g/mol. The molecule has 0 bridgehead atoms. The number of fused-ring (bicyclic) bond motifs is 3. The molecule has 1 aliphatic carbocycles. The summed E-state index contributed by atoms with van der Waals surface area (Å²) in [6, 6.07) is 10.8. The van der Waals surface area contributed by atoms with Gasteiger partial charge >= 0.3 is 0 Å². The van der Waals surface area contributed by atoms with Crippen molar-refractivity contribution < 1.29 is 13.5 Å². The number of nitrogens with zero attached hydrogens (tertiary/aromatic N) is 1. The van der Waals surface area contributed by atoms with Gasteiger partial charge in [-0.05, 0) is 54.3 Å². The molecule has 0 saturated carbocycles. The van der Waals surface area contributed by atoms with Crippen molar-refractivity contribution in [2.75, 3.05) is 18.4 Å². The van der Waals surface area contributed by atoms with Gasteiger partial charge in [-0.2, -0.15) is 4.31 Å². The SMILES string of the molecule is CCN(CC)S(=O)(=O)c1ccc2c(c1)C1C=CCC1C(c1cc(Br)ccc1O)N2. The number of nitrogens with one attached hydrogen (secondary N) is 1. The van der Waals surface area contributed by atoms with Gasteiger partial charge in [-0.1, -0.05) is 41.9 Å². The number of anilines is 1. The minimum atomic E-state index is -3.51. The monoisotopic (exact) mass is 476 g/mol. The maximum atomic E-state index is 13.0. The molecule has 4 rings (SSSR count). The number of allylic oxidation sites excluding steroid dienone is 2. The summed E-state index contributed by atoms with van der Waals surface area (Å²) in [5.41, 5.74) is 2.77. The van der Waals surface area contributed by atoms with Crippen molar-refractivity contribution in [2.45, 2.75) is 37.1 Å². The Kier molecular flexibility index (Phi) is 5.48. The number of phenolic OH excluding ortho intramolecular Hbond substituents is 1. The molecule has 2 aromatic rings. The standard InChI is InChI=1S/C22H25BrN2O3S/c1-3-25(4-2)29(27,28)15-9-10-20-18(13-15)16-6-5-7-17(16)22(24-20)19-12-14(23)8-11-21(19)26/h5-6,8-13,16-17,22,24,26H,3-4,7H2,1-2H3. The summed E-state index contributed by atoms with van der Waals surface area (Å²) in [7, 11) is -3.51. The third-order valence-electron chi connectivity index (χ3n) is 6.00. The van der Waals surface area contributed by atoms with Gasteiger partial charge in [0, 0.05) is 34.7 Å². The fourth-order valence-electron chi connectivity index (χ4n) is 4.53. The topological polar surface area (TPSA) is 69.6 Å². The third-order valence-corrected chi connectivity index (χ3v) is 8.54. The Morgan fingerprint density at radius 1 is 1.14 bits per heavy atom. The second-order valence-corrected chi connectivity index (χ2v) is 10.4. The molecule has 154 valence electrons. The normalized spacial score (nSPS) is 23.0. The van der Waals surface area contributed by atoms with E-state index in [1.54, 1.807) is 12.1 Å². The second-order valence-electron chi connectivity index (χ2n) is 7.52. The van der Waals surface area contributed by atoms with Crippen molar-refractivity contribution >= 4 is 31.6 Å². The minimum Gasteiger partial charge on any atom is -0.508 e. The summed E-state index contributed by atoms with van der Waals surface area (Å²) >= 11 is 3.50. The highest BCUT2D eigenvalue weighted by molar-refractivity contribution is 9.10. The second kappa shape index (κ2) is 7.78. The molecule has 2 N–H and O–H groups in total. The maximum Gasteiger partial charge on any atom is 0.243 e. The van der Waals surface area contributed by atoms with Crippen LogP contribution in [0.15, 0.2) is 57.9 Å². The van der Waals surface area contributed by atoms with E-state index in [0.29, 0.717) is 18.0 Å². The van der Waals surface area contributed by atoms with Crippen LogP contribution >= 0.6 is 15.9 Å². The lowest BCUT2D eigenvalue weighted by molar-refractivity contribution is 0.401. The van der Waals surface area contributed by atoms with E-state index in [1.165, 1.54) is 4.31 Å². The predicted molar refractivity (Wildman–Crippen MR) is 119 cm³/mol. The van der Waals surface area contributed by atoms with E-state index < -0.39 is 10.0 Å². The van der Waals surface area contributed by atoms with E-state index in [0.717, 1.165) is 27.7 Å². The lowest BCUT2D eigenvalue weighted by Crippen LogP contribution is -2.32. The number of rotatable bonds is 5. The highest BCUT2D eigenvalue weighted by Crippen LogP contribution is 2.51. The first-order chi connectivity index (χ1) is 13.9. The largest absolute Gasteiger partial charge is 0.508 e. The molecule has 0 amide bonds. The lowest BCUT2D eigenvalue weighted by atomic mass is 9.77. The molecule has 0 aromatic heterocycles. The van der Waals surface area contributed by atoms with Gasteiger partial charge < -0.3 is 10.4 Å². The van der Waals surface area contributed by atoms with Gasteiger partial charge in [-0.15, -0.1) is 0 Å². The van der Waals surface area contributed by atoms with Gasteiger partial charge in [0.1, 0.15) is 5.75 Å². The van der Waals surface area contributed by atoms with Crippen molar-refractivity contribution in [3.63, 3.8) is 0 Å². The van der Waals surface area contributed by atoms with E-state index in [1.807, 2.05) is 38.1 Å². The fourth-order valence-corrected chi connectivity index (χ4v) is 6.40. The maximum absolute atomic E-state index is 13.0. The average Bonchev–Trinajstić information content (AvgIpc) is 3.20. The summed E-state index contributed by atoms with van der Waals surface area (Å²) in [5, 5.41) is 14.0. The van der Waals surface area contributed by atoms with Gasteiger partial charge in [0.25, 0.3) is 0 Å². The number of benzene rings is 2. The van der Waals surface area contributed by atoms with Gasteiger partial charge in [0.15, 0.2) is 0 Å². The van der Waals surface area contributed by atoms with Crippen LogP contribution in [-0.2, 0) is 10.0 Å². The van der Waals surface area contributed by atoms with E-state index in [2.05, 4.69) is 33.4 Å². The number of halogens is 1. The van der Waals surface area contributed by atoms with Crippen LogP contribution in [0.5, 0.6) is 5.75 Å². The molecule has 0 radical (unpaired) electrons. The Balaban J connectivity index is 1.77. The zero-order chi connectivity index (χ0) is 20.8. The predicted octanol–water partition coefficient (Wildman–Crippen LogP) is 5.01. The van der Waals surface area contributed by atoms with Crippen molar-refractivity contribution in [1.29, 1.82) is 0 Å². The van der Waals surface area contributed by atoms with Crippen LogP contribution in [0.4, 0.5) is 5.69 Å². The Labute approximate surface area is 180 Å². The summed E-state index contributed by atoms with van der Waals surface area (Å²) < 4.78 is 28.4. The number of phenols is 1. The number of hydrogen-bond donors (Lipinski definition) is 2. The van der Waals surface area contributed by atoms with Crippen molar-refractivity contribution in [3.8, 4) is 5.75 Å². The molecule has 1 heterocycles. The Morgan fingerprint density at radius 3 is 2.62 bits per heavy atom. The molecule has 0 saturated heterocycles. The zero-order valence-electron chi connectivity index (χ0n) is 16.5. The van der Waals surface area contributed by atoms with E-state index in [-0.39, 0.29) is 23.6 Å². The molecule has 5 nitrogen and oxygen atoms in total. The van der Waals surface area contributed by atoms with E-state index in [9.17, 15) is 13.5 Å². The molecular weight excluding hydrogens is 452 g/mol. The van der Waals surface area contributed by atoms with Gasteiger partial charge in [-0.25, -0.2) is 8.42 Å². The van der Waals surface area contributed by atoms with Gasteiger partial charge in [-0.3, -0.25) is 0 Å². The van der Waals surface area contributed by atoms with Gasteiger partial charge in [0.2, 0.25) is 10.0 Å². The molecule has 3 unspecified atom stereocenters. The summed E-state index contributed by atoms with van der Waals surface area (Å²) in [6.45, 7) is 4.60. The molecule has 3 atom stereocenters. The van der Waals surface area contributed by atoms with Crippen molar-refractivity contribution in [3.05, 3.63) is 64.1 Å². The highest BCUT2D eigenvalue weighted by atomic mass is 79.9. The Morgan fingerprint density at radius 2 is 1.90 bits per heavy atom. The first-order valence-corrected chi connectivity index (χ1v) is 12.2. The smallest absolute Gasteiger partial charge is 0.243 e. The number of sulfonamides is 1. The Hall–Kier alpha value is -1.83. The highest BCUT2D eigenvalue weighted by Gasteiger charge is 2.39. The molecule has 0 fully saturated rings. The molecule has 1 aliphatic heterocycles. The van der Waals surface area contributed by atoms with Crippen LogP contribution in [0.25, 0.3) is 0 Å². The summed E-state index contributed by atoms with van der Waals surface area (Å²) in [6.07, 6.45) is 5.20.